The third kappa shape index (κ3) is 2.57. The Morgan fingerprint density at radius 1 is 1.21 bits per heavy atom. The molecule has 2 aromatic rings. The molecule has 7 heteroatoms. The zero-order chi connectivity index (χ0) is 16.7. The van der Waals surface area contributed by atoms with E-state index in [1.54, 1.807) is 14.2 Å². The Morgan fingerprint density at radius 2 is 2.04 bits per heavy atom. The summed E-state index contributed by atoms with van der Waals surface area (Å²) in [5.41, 5.74) is 3.29. The van der Waals surface area contributed by atoms with Gasteiger partial charge in [-0.05, 0) is 19.8 Å². The van der Waals surface area contributed by atoms with E-state index < -0.39 is 0 Å². The maximum absolute atomic E-state index is 5.47. The van der Waals surface area contributed by atoms with Crippen LogP contribution in [0.1, 0.15) is 42.6 Å². The molecule has 0 radical (unpaired) electrons. The normalized spacial score (nSPS) is 16.9. The van der Waals surface area contributed by atoms with Crippen LogP contribution in [0.5, 0.6) is 11.9 Å². The van der Waals surface area contributed by atoms with Gasteiger partial charge in [-0.15, -0.1) is 0 Å². The summed E-state index contributed by atoms with van der Waals surface area (Å²) in [5, 5.41) is 4.78. The minimum atomic E-state index is 0.369. The third-order valence-electron chi connectivity index (χ3n) is 4.77. The molecule has 0 unspecified atom stereocenters. The highest BCUT2D eigenvalue weighted by atomic mass is 16.5. The van der Waals surface area contributed by atoms with Gasteiger partial charge in [-0.3, -0.25) is 0 Å². The standard InChI is InChI=1S/C17H23N5O2/c1-4-22-15(9-14(20-22)11-5-6-11)21-8-7-13-12(10-21)16(23-2)19-17(18-13)24-3/h9,11H,4-8,10H2,1-3H3. The van der Waals surface area contributed by atoms with E-state index >= 15 is 0 Å². The van der Waals surface area contributed by atoms with Crippen LogP contribution in [0.3, 0.4) is 0 Å². The summed E-state index contributed by atoms with van der Waals surface area (Å²) in [6.07, 6.45) is 3.38. The maximum atomic E-state index is 5.47. The Balaban J connectivity index is 1.66. The van der Waals surface area contributed by atoms with Gasteiger partial charge < -0.3 is 14.4 Å². The summed E-state index contributed by atoms with van der Waals surface area (Å²) in [4.78, 5) is 11.2. The Hall–Kier alpha value is -2.31. The molecule has 128 valence electrons. The van der Waals surface area contributed by atoms with E-state index in [1.807, 2.05) is 0 Å². The monoisotopic (exact) mass is 329 g/mol. The average molecular weight is 329 g/mol. The fourth-order valence-corrected chi connectivity index (χ4v) is 3.31. The number of fused-ring (bicyclic) bond motifs is 1. The fraction of sp³-hybridized carbons (Fsp3) is 0.588. The first kappa shape index (κ1) is 15.2. The highest BCUT2D eigenvalue weighted by Gasteiger charge is 2.30. The second kappa shape index (κ2) is 5.96. The molecule has 7 nitrogen and oxygen atoms in total. The predicted molar refractivity (Wildman–Crippen MR) is 89.8 cm³/mol. The first-order valence-corrected chi connectivity index (χ1v) is 8.54. The van der Waals surface area contributed by atoms with E-state index in [-0.39, 0.29) is 0 Å². The summed E-state index contributed by atoms with van der Waals surface area (Å²) >= 11 is 0. The van der Waals surface area contributed by atoms with E-state index in [0.717, 1.165) is 37.3 Å². The number of methoxy groups -OCH3 is 2. The SMILES string of the molecule is CCn1nc(C2CC2)cc1N1CCc2nc(OC)nc(OC)c2C1. The lowest BCUT2D eigenvalue weighted by Gasteiger charge is -2.30. The summed E-state index contributed by atoms with van der Waals surface area (Å²) < 4.78 is 12.8. The molecule has 2 aromatic heterocycles. The molecule has 0 bridgehead atoms. The molecule has 0 atom stereocenters. The van der Waals surface area contributed by atoms with Gasteiger partial charge in [0.25, 0.3) is 0 Å². The highest BCUT2D eigenvalue weighted by molar-refractivity contribution is 5.48. The van der Waals surface area contributed by atoms with Crippen molar-refractivity contribution in [3.05, 3.63) is 23.0 Å². The van der Waals surface area contributed by atoms with Crippen LogP contribution in [-0.2, 0) is 19.5 Å². The number of aryl methyl sites for hydroxylation is 1. The first-order valence-electron chi connectivity index (χ1n) is 8.54. The molecule has 2 aliphatic rings. The molecule has 1 fully saturated rings. The predicted octanol–water partition coefficient (Wildman–Crippen LogP) is 2.15. The highest BCUT2D eigenvalue weighted by Crippen LogP contribution is 2.41. The number of anilines is 1. The van der Waals surface area contributed by atoms with Crippen LogP contribution in [-0.4, -0.2) is 40.5 Å². The van der Waals surface area contributed by atoms with Crippen LogP contribution in [0, 0.1) is 0 Å². The molecule has 0 aromatic carbocycles. The van der Waals surface area contributed by atoms with Crippen molar-refractivity contribution in [2.24, 2.45) is 0 Å². The van der Waals surface area contributed by atoms with Gasteiger partial charge in [0.1, 0.15) is 5.82 Å². The zero-order valence-electron chi connectivity index (χ0n) is 14.4. The molecule has 4 rings (SSSR count). The van der Waals surface area contributed by atoms with Crippen molar-refractivity contribution in [3.8, 4) is 11.9 Å². The summed E-state index contributed by atoms with van der Waals surface area (Å²) in [6, 6.07) is 2.62. The Labute approximate surface area is 141 Å². The topological polar surface area (TPSA) is 65.3 Å². The van der Waals surface area contributed by atoms with E-state index in [0.29, 0.717) is 17.8 Å². The van der Waals surface area contributed by atoms with Crippen molar-refractivity contribution in [2.45, 2.75) is 45.2 Å². The lowest BCUT2D eigenvalue weighted by molar-refractivity contribution is 0.344. The van der Waals surface area contributed by atoms with Crippen LogP contribution in [0.15, 0.2) is 6.07 Å². The minimum absolute atomic E-state index is 0.369. The molecule has 0 spiro atoms. The lowest BCUT2D eigenvalue weighted by Crippen LogP contribution is -2.33. The minimum Gasteiger partial charge on any atom is -0.481 e. The van der Waals surface area contributed by atoms with Gasteiger partial charge in [-0.1, -0.05) is 0 Å². The Bertz CT molecular complexity index is 736. The maximum Gasteiger partial charge on any atom is 0.319 e. The van der Waals surface area contributed by atoms with Crippen LogP contribution in [0.25, 0.3) is 0 Å². The fourth-order valence-electron chi connectivity index (χ4n) is 3.31. The molecular weight excluding hydrogens is 306 g/mol. The number of hydrogen-bond acceptors (Lipinski definition) is 6. The number of ether oxygens (including phenoxy) is 2. The van der Waals surface area contributed by atoms with Crippen molar-refractivity contribution in [2.75, 3.05) is 25.7 Å². The van der Waals surface area contributed by atoms with Crippen LogP contribution >= 0.6 is 0 Å². The molecule has 0 amide bonds. The van der Waals surface area contributed by atoms with Gasteiger partial charge in [0, 0.05) is 31.5 Å². The first-order chi connectivity index (χ1) is 11.7. The number of nitrogens with zero attached hydrogens (tertiary/aromatic N) is 5. The molecule has 3 heterocycles. The van der Waals surface area contributed by atoms with Crippen molar-refractivity contribution in [3.63, 3.8) is 0 Å². The van der Waals surface area contributed by atoms with Crippen LogP contribution < -0.4 is 14.4 Å². The Kier molecular flexibility index (Phi) is 3.78. The number of hydrogen-bond donors (Lipinski definition) is 0. The Morgan fingerprint density at radius 3 is 2.71 bits per heavy atom. The second-order valence-electron chi connectivity index (χ2n) is 6.33. The van der Waals surface area contributed by atoms with Gasteiger partial charge in [-0.2, -0.15) is 15.1 Å². The van der Waals surface area contributed by atoms with Gasteiger partial charge >= 0.3 is 6.01 Å². The van der Waals surface area contributed by atoms with Crippen LogP contribution in [0.2, 0.25) is 0 Å². The molecule has 0 N–H and O–H groups in total. The van der Waals surface area contributed by atoms with Gasteiger partial charge in [-0.25, -0.2) is 4.68 Å². The molecular formula is C17H23N5O2. The summed E-state index contributed by atoms with van der Waals surface area (Å²) in [5.74, 6) is 2.45. The quantitative estimate of drug-likeness (QED) is 0.837. The summed E-state index contributed by atoms with van der Waals surface area (Å²) in [6.45, 7) is 4.66. The molecule has 0 saturated heterocycles. The van der Waals surface area contributed by atoms with Gasteiger partial charge in [0.15, 0.2) is 0 Å². The summed E-state index contributed by atoms with van der Waals surface area (Å²) in [7, 11) is 3.22. The zero-order valence-corrected chi connectivity index (χ0v) is 14.4. The third-order valence-corrected chi connectivity index (χ3v) is 4.77. The lowest BCUT2D eigenvalue weighted by atomic mass is 10.1. The largest absolute Gasteiger partial charge is 0.481 e. The van der Waals surface area contributed by atoms with E-state index in [9.17, 15) is 0 Å². The van der Waals surface area contributed by atoms with Crippen molar-refractivity contribution < 1.29 is 9.47 Å². The molecule has 1 aliphatic heterocycles. The smallest absolute Gasteiger partial charge is 0.319 e. The van der Waals surface area contributed by atoms with Crippen molar-refractivity contribution in [1.82, 2.24) is 19.7 Å². The molecule has 24 heavy (non-hydrogen) atoms. The molecule has 1 saturated carbocycles. The van der Waals surface area contributed by atoms with Crippen molar-refractivity contribution >= 4 is 5.82 Å². The van der Waals surface area contributed by atoms with E-state index in [2.05, 4.69) is 32.5 Å². The number of rotatable bonds is 5. The van der Waals surface area contributed by atoms with E-state index in [4.69, 9.17) is 14.6 Å². The average Bonchev–Trinajstić information content (AvgIpc) is 3.39. The second-order valence-corrected chi connectivity index (χ2v) is 6.33. The molecule has 1 aliphatic carbocycles. The van der Waals surface area contributed by atoms with Crippen LogP contribution in [0.4, 0.5) is 5.82 Å². The van der Waals surface area contributed by atoms with Gasteiger partial charge in [0.05, 0.1) is 37.7 Å². The van der Waals surface area contributed by atoms with Gasteiger partial charge in [0.2, 0.25) is 5.88 Å². The number of aromatic nitrogens is 4. The van der Waals surface area contributed by atoms with E-state index in [1.165, 1.54) is 24.4 Å². The van der Waals surface area contributed by atoms with Crippen molar-refractivity contribution in [1.29, 1.82) is 0 Å².